The molecule has 160 valence electrons. The van der Waals surface area contributed by atoms with E-state index >= 15 is 0 Å². The minimum absolute atomic E-state index is 0.212. The van der Waals surface area contributed by atoms with Gasteiger partial charge in [0.15, 0.2) is 11.6 Å². The molecule has 0 aromatic heterocycles. The van der Waals surface area contributed by atoms with E-state index in [-0.39, 0.29) is 17.1 Å². The summed E-state index contributed by atoms with van der Waals surface area (Å²) in [5.41, 5.74) is 2.80. The first-order valence-corrected chi connectivity index (χ1v) is 17.4. The van der Waals surface area contributed by atoms with E-state index in [2.05, 4.69) is 39.3 Å². The Morgan fingerprint density at radius 1 is 0.645 bits per heavy atom. The first-order chi connectivity index (χ1) is 14.4. The maximum Gasteiger partial charge on any atom is 0.242 e. The number of carbonyl (C=O) groups is 2. The zero-order valence-corrected chi connectivity index (χ0v) is 21.3. The molecular weight excluding hydrogens is 444 g/mol. The van der Waals surface area contributed by atoms with E-state index in [1.54, 1.807) is 24.3 Å². The molecule has 0 saturated heterocycles. The molecule has 0 spiro atoms. The number of hydrogen-bond acceptors (Lipinski definition) is 4. The van der Waals surface area contributed by atoms with E-state index in [4.69, 9.17) is 20.5 Å². The molecule has 0 aliphatic heterocycles. The first-order valence-electron chi connectivity index (χ1n) is 10.2. The molecule has 2 aliphatic carbocycles. The van der Waals surface area contributed by atoms with Crippen LogP contribution in [0.15, 0.2) is 53.6 Å². The summed E-state index contributed by atoms with van der Waals surface area (Å²) < 4.78 is 12.9. The van der Waals surface area contributed by atoms with E-state index in [0.29, 0.717) is 44.4 Å². The summed E-state index contributed by atoms with van der Waals surface area (Å²) in [5.74, 6) is 0.454. The molecule has 0 heterocycles. The minimum Gasteiger partial charge on any atom is -0.543 e. The van der Waals surface area contributed by atoms with Gasteiger partial charge in [-0.1, -0.05) is 35.9 Å². The van der Waals surface area contributed by atoms with Crippen LogP contribution in [0.3, 0.4) is 0 Å². The van der Waals surface area contributed by atoms with Crippen molar-refractivity contribution in [2.45, 2.75) is 39.3 Å². The van der Waals surface area contributed by atoms with Gasteiger partial charge in [-0.2, -0.15) is 0 Å². The zero-order valence-electron chi connectivity index (χ0n) is 18.6. The van der Waals surface area contributed by atoms with Gasteiger partial charge in [-0.25, -0.2) is 0 Å². The molecule has 4 rings (SSSR count). The van der Waals surface area contributed by atoms with Crippen molar-refractivity contribution < 1.29 is 18.4 Å². The van der Waals surface area contributed by atoms with Crippen LogP contribution in [-0.2, 0) is 8.85 Å². The van der Waals surface area contributed by atoms with E-state index < -0.39 is 16.6 Å². The van der Waals surface area contributed by atoms with Crippen LogP contribution < -0.4 is 0 Å². The van der Waals surface area contributed by atoms with E-state index in [1.807, 2.05) is 18.2 Å². The van der Waals surface area contributed by atoms with Crippen LogP contribution >= 0.6 is 11.6 Å². The molecule has 2 aromatic rings. The van der Waals surface area contributed by atoms with Gasteiger partial charge in [-0.05, 0) is 57.5 Å². The highest BCUT2D eigenvalue weighted by Gasteiger charge is 2.43. The van der Waals surface area contributed by atoms with Crippen molar-refractivity contribution in [2.24, 2.45) is 0 Å². The fraction of sp³-hybridized carbons (Fsp3) is 0.250. The Morgan fingerprint density at radius 3 is 1.61 bits per heavy atom. The van der Waals surface area contributed by atoms with Gasteiger partial charge < -0.3 is 8.85 Å². The van der Waals surface area contributed by atoms with E-state index in [1.165, 1.54) is 0 Å². The molecule has 31 heavy (non-hydrogen) atoms. The van der Waals surface area contributed by atoms with Crippen molar-refractivity contribution in [3.8, 4) is 0 Å². The van der Waals surface area contributed by atoms with E-state index in [9.17, 15) is 9.59 Å². The van der Waals surface area contributed by atoms with Gasteiger partial charge in [-0.15, -0.1) is 0 Å². The van der Waals surface area contributed by atoms with Gasteiger partial charge in [0.25, 0.3) is 0 Å². The van der Waals surface area contributed by atoms with Crippen LogP contribution in [0.2, 0.25) is 44.3 Å². The summed E-state index contributed by atoms with van der Waals surface area (Å²) in [4.78, 5) is 27.5. The number of hydrogen-bond donors (Lipinski definition) is 0. The molecule has 0 atom stereocenters. The van der Waals surface area contributed by atoms with Crippen molar-refractivity contribution in [1.82, 2.24) is 0 Å². The van der Waals surface area contributed by atoms with Gasteiger partial charge in [0.05, 0.1) is 11.1 Å². The predicted octanol–water partition coefficient (Wildman–Crippen LogP) is 6.56. The molecule has 0 amide bonds. The molecule has 0 N–H and O–H groups in total. The summed E-state index contributed by atoms with van der Waals surface area (Å²) in [7, 11) is -4.24. The second-order valence-corrected chi connectivity index (χ2v) is 19.0. The highest BCUT2D eigenvalue weighted by Crippen LogP contribution is 2.46. The largest absolute Gasteiger partial charge is 0.543 e. The molecular formula is C24H25ClO4Si2. The molecule has 0 fully saturated rings. The van der Waals surface area contributed by atoms with Gasteiger partial charge >= 0.3 is 0 Å². The number of benzene rings is 2. The third-order valence-corrected chi connectivity index (χ3v) is 6.73. The lowest BCUT2D eigenvalue weighted by Gasteiger charge is -2.34. The second kappa shape index (κ2) is 7.33. The standard InChI is InChI=1S/C24H25ClO4Si2/c1-30(2,3)28-23-16-10-8-7-9-15(16)21(26)19-20(23)22(27)18-13-14(25)11-12-17(18)24(19)29-31(4,5)6/h7-13H,1-6H3. The Balaban J connectivity index is 2.14. The van der Waals surface area contributed by atoms with Crippen molar-refractivity contribution in [1.29, 1.82) is 0 Å². The van der Waals surface area contributed by atoms with Crippen LogP contribution in [0.25, 0.3) is 11.5 Å². The Labute approximate surface area is 189 Å². The monoisotopic (exact) mass is 468 g/mol. The van der Waals surface area contributed by atoms with Crippen molar-refractivity contribution in [2.75, 3.05) is 0 Å². The Morgan fingerprint density at radius 2 is 1.10 bits per heavy atom. The Bertz CT molecular complexity index is 1200. The fourth-order valence-corrected chi connectivity index (χ4v) is 5.63. The van der Waals surface area contributed by atoms with Crippen molar-refractivity contribution in [3.63, 3.8) is 0 Å². The van der Waals surface area contributed by atoms with Gasteiger partial charge in [0.1, 0.15) is 11.5 Å². The fourth-order valence-electron chi connectivity index (χ4n) is 3.80. The number of Topliss-reactive ketones (excluding diaryl/α,β-unsaturated/α-hetero) is 2. The number of halogens is 1. The number of ketones is 2. The number of fused-ring (bicyclic) bond motifs is 3. The highest BCUT2D eigenvalue weighted by molar-refractivity contribution is 6.71. The second-order valence-electron chi connectivity index (χ2n) is 9.73. The lowest BCUT2D eigenvalue weighted by molar-refractivity contribution is 0.0988. The van der Waals surface area contributed by atoms with Crippen LogP contribution in [0.1, 0.15) is 31.8 Å². The zero-order chi connectivity index (χ0) is 22.7. The molecule has 0 radical (unpaired) electrons. The van der Waals surface area contributed by atoms with Crippen LogP contribution in [0, 0.1) is 0 Å². The Hall–Kier alpha value is -2.42. The molecule has 2 aromatic carbocycles. The predicted molar refractivity (Wildman–Crippen MR) is 129 cm³/mol. The van der Waals surface area contributed by atoms with Crippen molar-refractivity contribution in [3.05, 3.63) is 80.9 Å². The maximum absolute atomic E-state index is 13.8. The topological polar surface area (TPSA) is 52.6 Å². The summed E-state index contributed by atoms with van der Waals surface area (Å²) >= 11 is 6.24. The van der Waals surface area contributed by atoms with Gasteiger partial charge in [0.2, 0.25) is 16.6 Å². The Kier molecular flexibility index (Phi) is 5.15. The average Bonchev–Trinajstić information content (AvgIpc) is 2.65. The van der Waals surface area contributed by atoms with Crippen LogP contribution in [0.4, 0.5) is 0 Å². The van der Waals surface area contributed by atoms with Gasteiger partial charge in [0, 0.05) is 27.3 Å². The normalized spacial score (nSPS) is 16.1. The molecule has 0 bridgehead atoms. The number of rotatable bonds is 4. The highest BCUT2D eigenvalue weighted by atomic mass is 35.5. The lowest BCUT2D eigenvalue weighted by atomic mass is 9.76. The smallest absolute Gasteiger partial charge is 0.242 e. The average molecular weight is 469 g/mol. The molecule has 0 saturated carbocycles. The molecule has 0 unspecified atom stereocenters. The number of allylic oxidation sites excluding steroid dienone is 2. The lowest BCUT2D eigenvalue weighted by Crippen LogP contribution is -2.34. The quantitative estimate of drug-likeness (QED) is 0.477. The summed E-state index contributed by atoms with van der Waals surface area (Å²) in [6.45, 7) is 12.3. The van der Waals surface area contributed by atoms with Crippen molar-refractivity contribution >= 4 is 51.3 Å². The third kappa shape index (κ3) is 3.95. The number of carbonyl (C=O) groups excluding carboxylic acids is 2. The molecule has 7 heteroatoms. The summed E-state index contributed by atoms with van der Waals surface area (Å²) in [6.07, 6.45) is 0. The summed E-state index contributed by atoms with van der Waals surface area (Å²) in [5, 5.41) is 0.457. The van der Waals surface area contributed by atoms with E-state index in [0.717, 1.165) is 0 Å². The SMILES string of the molecule is C[Si](C)(C)OC1=C2C(=O)c3cc(Cl)ccc3C(O[Si](C)(C)C)=C2C(=O)c2ccccc21. The molecule has 4 nitrogen and oxygen atoms in total. The summed E-state index contributed by atoms with van der Waals surface area (Å²) in [6, 6.07) is 12.4. The minimum atomic E-state index is -2.12. The molecule has 2 aliphatic rings. The van der Waals surface area contributed by atoms with Crippen LogP contribution in [0.5, 0.6) is 0 Å². The maximum atomic E-state index is 13.8. The van der Waals surface area contributed by atoms with Gasteiger partial charge in [-0.3, -0.25) is 9.59 Å². The van der Waals surface area contributed by atoms with Crippen LogP contribution in [-0.4, -0.2) is 28.2 Å². The third-order valence-electron chi connectivity index (χ3n) is 4.86. The first kappa shape index (κ1) is 21.8.